The van der Waals surface area contributed by atoms with E-state index in [4.69, 9.17) is 0 Å². The first kappa shape index (κ1) is 23.7. The molecule has 5 rings (SSSR count). The minimum absolute atomic E-state index is 0. The van der Waals surface area contributed by atoms with Gasteiger partial charge in [-0.05, 0) is 81.0 Å². The molecule has 0 spiro atoms. The van der Waals surface area contributed by atoms with Gasteiger partial charge in [-0.3, -0.25) is 0 Å². The molecule has 0 aromatic rings. The Morgan fingerprint density at radius 3 is 2.65 bits per heavy atom. The molecule has 7 heteroatoms. The fourth-order valence-electron chi connectivity index (χ4n) is 8.32. The van der Waals surface area contributed by atoms with Crippen LogP contribution >= 0.6 is 24.0 Å². The Balaban J connectivity index is 0.00000231. The maximum Gasteiger partial charge on any atom is 0.214 e. The average molecular weight is 545 g/mol. The molecule has 0 saturated heterocycles. The van der Waals surface area contributed by atoms with Crippen LogP contribution in [0.25, 0.3) is 0 Å². The van der Waals surface area contributed by atoms with Crippen LogP contribution in [0.4, 0.5) is 0 Å². The second-order valence-electron chi connectivity index (χ2n) is 11.5. The van der Waals surface area contributed by atoms with E-state index in [9.17, 15) is 10.2 Å². The summed E-state index contributed by atoms with van der Waals surface area (Å²) < 4.78 is 0. The highest BCUT2D eigenvalue weighted by molar-refractivity contribution is 14.0. The van der Waals surface area contributed by atoms with Crippen molar-refractivity contribution in [3.05, 3.63) is 0 Å². The number of nitrogens with zero attached hydrogens (tertiary/aromatic N) is 3. The SMILES string of the molecule is CN1CCN=C1NN=CC1CC[C@@]2(O)[C@@H]3CCC4CC(O)CC[C@]4(C)[C@@H]3CC[C@]12C.I. The summed E-state index contributed by atoms with van der Waals surface area (Å²) in [5.41, 5.74) is 2.73. The Morgan fingerprint density at radius 2 is 1.90 bits per heavy atom. The second kappa shape index (κ2) is 8.42. The Hall–Kier alpha value is -0.410. The minimum atomic E-state index is -0.585. The number of guanidine groups is 1. The summed E-state index contributed by atoms with van der Waals surface area (Å²) in [6.07, 6.45) is 11.5. The van der Waals surface area contributed by atoms with Crippen LogP contribution < -0.4 is 5.43 Å². The van der Waals surface area contributed by atoms with Crippen LogP contribution in [-0.2, 0) is 0 Å². The van der Waals surface area contributed by atoms with E-state index in [1.54, 1.807) is 0 Å². The molecule has 0 aromatic heterocycles. The molecule has 0 bridgehead atoms. The van der Waals surface area contributed by atoms with E-state index < -0.39 is 5.60 Å². The van der Waals surface area contributed by atoms with Crippen molar-refractivity contribution in [3.8, 4) is 0 Å². The van der Waals surface area contributed by atoms with Gasteiger partial charge in [0.25, 0.3) is 0 Å². The lowest BCUT2D eigenvalue weighted by atomic mass is 9.43. The van der Waals surface area contributed by atoms with Crippen LogP contribution in [-0.4, -0.2) is 59.1 Å². The molecule has 6 nitrogen and oxygen atoms in total. The predicted octanol–water partition coefficient (Wildman–Crippen LogP) is 3.62. The van der Waals surface area contributed by atoms with Gasteiger partial charge in [0.2, 0.25) is 5.96 Å². The van der Waals surface area contributed by atoms with E-state index in [1.165, 1.54) is 12.8 Å². The quantitative estimate of drug-likeness (QED) is 0.282. The summed E-state index contributed by atoms with van der Waals surface area (Å²) in [6, 6.07) is 0. The third kappa shape index (κ3) is 3.56. The minimum Gasteiger partial charge on any atom is -0.393 e. The average Bonchev–Trinajstić information content (AvgIpc) is 3.23. The number of aliphatic imine (C=N–C) groups is 1. The Bertz CT molecular complexity index is 747. The van der Waals surface area contributed by atoms with Gasteiger partial charge in [-0.2, -0.15) is 5.10 Å². The highest BCUT2D eigenvalue weighted by atomic mass is 127. The monoisotopic (exact) mass is 544 g/mol. The number of hydrazone groups is 1. The molecule has 4 aliphatic carbocycles. The van der Waals surface area contributed by atoms with Crippen molar-refractivity contribution in [1.82, 2.24) is 10.3 Å². The van der Waals surface area contributed by atoms with E-state index in [0.717, 1.165) is 64.0 Å². The lowest BCUT2D eigenvalue weighted by Crippen LogP contribution is -2.62. The van der Waals surface area contributed by atoms with E-state index in [-0.39, 0.29) is 40.9 Å². The molecule has 4 fully saturated rings. The summed E-state index contributed by atoms with van der Waals surface area (Å²) in [7, 11) is 2.03. The molecular formula is C24H41IN4O2. The molecule has 176 valence electrons. The van der Waals surface area contributed by atoms with Gasteiger partial charge in [0.15, 0.2) is 0 Å². The normalized spacial score (nSPS) is 49.1. The molecule has 1 heterocycles. The Kier molecular flexibility index (Phi) is 6.45. The molecule has 31 heavy (non-hydrogen) atoms. The zero-order valence-electron chi connectivity index (χ0n) is 19.4. The number of nitrogens with one attached hydrogen (secondary N) is 1. The van der Waals surface area contributed by atoms with Crippen LogP contribution in [0.1, 0.15) is 71.6 Å². The summed E-state index contributed by atoms with van der Waals surface area (Å²) in [4.78, 5) is 6.54. The van der Waals surface area contributed by atoms with Crippen molar-refractivity contribution >= 4 is 36.2 Å². The van der Waals surface area contributed by atoms with Crippen LogP contribution in [0, 0.1) is 34.5 Å². The largest absolute Gasteiger partial charge is 0.393 e. The molecule has 5 aliphatic rings. The van der Waals surface area contributed by atoms with Crippen LogP contribution in [0.5, 0.6) is 0 Å². The van der Waals surface area contributed by atoms with E-state index >= 15 is 0 Å². The number of fused-ring (bicyclic) bond motifs is 5. The van der Waals surface area contributed by atoms with Crippen LogP contribution in [0.15, 0.2) is 10.1 Å². The summed E-state index contributed by atoms with van der Waals surface area (Å²) in [6.45, 7) is 6.57. The number of hydrogen-bond acceptors (Lipinski definition) is 6. The smallest absolute Gasteiger partial charge is 0.214 e. The second-order valence-corrected chi connectivity index (χ2v) is 11.5. The number of likely N-dealkylation sites (N-methyl/N-ethyl adjacent to an activating group) is 1. The molecule has 0 amide bonds. The third-order valence-electron chi connectivity index (χ3n) is 10.4. The number of hydrogen-bond donors (Lipinski definition) is 3. The standard InChI is InChI=1S/C24H40N4O2.HI/c1-22-9-7-18(29)14-16(22)4-5-20-19(22)8-10-23(2)17(6-11-24(20,23)30)15-26-27-21-25-12-13-28(21)3;/h15-20,29-30H,4-14H2,1-3H3,(H,25,27);1H/t16?,17?,18?,19-,20-,22+,23-,24-;/m1./s1. The zero-order valence-corrected chi connectivity index (χ0v) is 21.7. The summed E-state index contributed by atoms with van der Waals surface area (Å²) >= 11 is 0. The number of rotatable bonds is 2. The number of halogens is 1. The topological polar surface area (TPSA) is 80.5 Å². The van der Waals surface area contributed by atoms with Gasteiger partial charge >= 0.3 is 0 Å². The van der Waals surface area contributed by atoms with Gasteiger partial charge < -0.3 is 15.1 Å². The van der Waals surface area contributed by atoms with Crippen LogP contribution in [0.2, 0.25) is 0 Å². The first-order chi connectivity index (χ1) is 14.3. The van der Waals surface area contributed by atoms with E-state index in [0.29, 0.717) is 23.7 Å². The highest BCUT2D eigenvalue weighted by Gasteiger charge is 2.66. The van der Waals surface area contributed by atoms with Crippen molar-refractivity contribution in [2.24, 2.45) is 44.6 Å². The van der Waals surface area contributed by atoms with Crippen LogP contribution in [0.3, 0.4) is 0 Å². The van der Waals surface area contributed by atoms with Crippen molar-refractivity contribution in [2.45, 2.75) is 83.3 Å². The molecule has 3 unspecified atom stereocenters. The summed E-state index contributed by atoms with van der Waals surface area (Å²) in [5, 5.41) is 27.0. The number of aliphatic hydroxyl groups excluding tert-OH is 1. The maximum absolute atomic E-state index is 12.2. The molecule has 8 atom stereocenters. The lowest BCUT2D eigenvalue weighted by molar-refractivity contribution is -0.206. The molecule has 0 radical (unpaired) electrons. The van der Waals surface area contributed by atoms with Gasteiger partial charge in [-0.25, -0.2) is 10.4 Å². The fourth-order valence-corrected chi connectivity index (χ4v) is 8.32. The maximum atomic E-state index is 12.2. The highest BCUT2D eigenvalue weighted by Crippen LogP contribution is 2.68. The Morgan fingerprint density at radius 1 is 1.10 bits per heavy atom. The first-order valence-corrected chi connectivity index (χ1v) is 12.2. The van der Waals surface area contributed by atoms with Gasteiger partial charge in [0.1, 0.15) is 0 Å². The third-order valence-corrected chi connectivity index (χ3v) is 10.4. The molecule has 1 aliphatic heterocycles. The van der Waals surface area contributed by atoms with Gasteiger partial charge in [-0.15, -0.1) is 24.0 Å². The van der Waals surface area contributed by atoms with E-state index in [1.807, 2.05) is 7.05 Å². The van der Waals surface area contributed by atoms with Gasteiger partial charge in [-0.1, -0.05) is 13.8 Å². The fraction of sp³-hybridized carbons (Fsp3) is 0.917. The molecule has 3 N–H and O–H groups in total. The van der Waals surface area contributed by atoms with Crippen molar-refractivity contribution < 1.29 is 10.2 Å². The van der Waals surface area contributed by atoms with Crippen molar-refractivity contribution in [3.63, 3.8) is 0 Å². The molecule has 0 aromatic carbocycles. The zero-order chi connectivity index (χ0) is 21.1. The van der Waals surface area contributed by atoms with Gasteiger partial charge in [0, 0.05) is 31.1 Å². The van der Waals surface area contributed by atoms with Crippen molar-refractivity contribution in [2.75, 3.05) is 20.1 Å². The molecular weight excluding hydrogens is 503 g/mol. The number of aliphatic hydroxyl groups is 2. The molecule has 4 saturated carbocycles. The first-order valence-electron chi connectivity index (χ1n) is 12.2. The summed E-state index contributed by atoms with van der Waals surface area (Å²) in [5.74, 6) is 2.77. The van der Waals surface area contributed by atoms with E-state index in [2.05, 4.69) is 40.5 Å². The predicted molar refractivity (Wildman–Crippen MR) is 135 cm³/mol. The Labute approximate surface area is 204 Å². The van der Waals surface area contributed by atoms with Crippen molar-refractivity contribution in [1.29, 1.82) is 0 Å². The lowest BCUT2D eigenvalue weighted by Gasteiger charge is -2.63. The van der Waals surface area contributed by atoms with Gasteiger partial charge in [0.05, 0.1) is 18.2 Å².